The molecule has 1 N–H and O–H groups in total. The zero-order chi connectivity index (χ0) is 16.9. The SMILES string of the molecule is CCCCNC(=O)COc1ccc2c(c1)oc(=O)c1ccccc12. The normalized spacial score (nSPS) is 10.9. The van der Waals surface area contributed by atoms with Gasteiger partial charge >= 0.3 is 5.63 Å². The summed E-state index contributed by atoms with van der Waals surface area (Å²) < 4.78 is 10.9. The number of hydrogen-bond donors (Lipinski definition) is 1. The van der Waals surface area contributed by atoms with Crippen molar-refractivity contribution in [1.82, 2.24) is 5.32 Å². The van der Waals surface area contributed by atoms with Crippen molar-refractivity contribution in [2.24, 2.45) is 0 Å². The molecule has 0 saturated heterocycles. The van der Waals surface area contributed by atoms with Gasteiger partial charge in [-0.15, -0.1) is 0 Å². The zero-order valence-corrected chi connectivity index (χ0v) is 13.5. The fraction of sp³-hybridized carbons (Fsp3) is 0.263. The van der Waals surface area contributed by atoms with Crippen LogP contribution in [-0.4, -0.2) is 19.1 Å². The van der Waals surface area contributed by atoms with Crippen molar-refractivity contribution in [3.8, 4) is 5.75 Å². The van der Waals surface area contributed by atoms with Gasteiger partial charge in [0.15, 0.2) is 6.61 Å². The van der Waals surface area contributed by atoms with Crippen molar-refractivity contribution in [3.63, 3.8) is 0 Å². The first-order valence-corrected chi connectivity index (χ1v) is 8.04. The van der Waals surface area contributed by atoms with E-state index in [2.05, 4.69) is 12.2 Å². The summed E-state index contributed by atoms with van der Waals surface area (Å²) >= 11 is 0. The van der Waals surface area contributed by atoms with Crippen LogP contribution in [0, 0.1) is 0 Å². The predicted molar refractivity (Wildman–Crippen MR) is 93.4 cm³/mol. The summed E-state index contributed by atoms with van der Waals surface area (Å²) in [4.78, 5) is 23.7. The van der Waals surface area contributed by atoms with Crippen molar-refractivity contribution in [2.75, 3.05) is 13.2 Å². The lowest BCUT2D eigenvalue weighted by Crippen LogP contribution is -2.29. The third-order valence-electron chi connectivity index (χ3n) is 3.82. The van der Waals surface area contributed by atoms with E-state index in [4.69, 9.17) is 9.15 Å². The maximum Gasteiger partial charge on any atom is 0.344 e. The fourth-order valence-electron chi connectivity index (χ4n) is 2.55. The van der Waals surface area contributed by atoms with Gasteiger partial charge in [-0.05, 0) is 30.0 Å². The fourth-order valence-corrected chi connectivity index (χ4v) is 2.55. The summed E-state index contributed by atoms with van der Waals surface area (Å²) in [5.74, 6) is 0.329. The molecule has 3 rings (SSSR count). The van der Waals surface area contributed by atoms with Gasteiger partial charge in [0.1, 0.15) is 11.3 Å². The lowest BCUT2D eigenvalue weighted by atomic mass is 10.1. The molecule has 0 bridgehead atoms. The van der Waals surface area contributed by atoms with E-state index in [1.807, 2.05) is 18.2 Å². The van der Waals surface area contributed by atoms with E-state index in [0.717, 1.165) is 23.6 Å². The van der Waals surface area contributed by atoms with Crippen LogP contribution in [0.15, 0.2) is 51.7 Å². The monoisotopic (exact) mass is 325 g/mol. The van der Waals surface area contributed by atoms with Crippen molar-refractivity contribution in [3.05, 3.63) is 52.9 Å². The molecule has 124 valence electrons. The molecule has 0 aliphatic carbocycles. The van der Waals surface area contributed by atoms with Crippen LogP contribution in [0.5, 0.6) is 5.75 Å². The number of benzene rings is 2. The molecule has 5 heteroatoms. The van der Waals surface area contributed by atoms with Gasteiger partial charge in [0.25, 0.3) is 5.91 Å². The van der Waals surface area contributed by atoms with Crippen LogP contribution in [0.2, 0.25) is 0 Å². The number of fused-ring (bicyclic) bond motifs is 3. The lowest BCUT2D eigenvalue weighted by Gasteiger charge is -2.08. The minimum atomic E-state index is -0.382. The van der Waals surface area contributed by atoms with Crippen LogP contribution in [0.1, 0.15) is 19.8 Å². The third kappa shape index (κ3) is 3.40. The summed E-state index contributed by atoms with van der Waals surface area (Å²) in [7, 11) is 0. The van der Waals surface area contributed by atoms with Gasteiger partial charge in [-0.2, -0.15) is 0 Å². The summed E-state index contributed by atoms with van der Waals surface area (Å²) in [5.41, 5.74) is 0.0650. The van der Waals surface area contributed by atoms with Crippen molar-refractivity contribution < 1.29 is 13.9 Å². The minimum Gasteiger partial charge on any atom is -0.484 e. The highest BCUT2D eigenvalue weighted by Crippen LogP contribution is 2.26. The molecule has 0 spiro atoms. The molecule has 0 fully saturated rings. The minimum absolute atomic E-state index is 0.0625. The summed E-state index contributed by atoms with van der Waals surface area (Å²) in [6, 6.07) is 12.6. The van der Waals surface area contributed by atoms with Gasteiger partial charge in [0, 0.05) is 18.0 Å². The van der Waals surface area contributed by atoms with Gasteiger partial charge in [-0.3, -0.25) is 4.79 Å². The highest BCUT2D eigenvalue weighted by molar-refractivity contribution is 6.04. The van der Waals surface area contributed by atoms with Crippen LogP contribution in [-0.2, 0) is 4.79 Å². The molecule has 0 atom stereocenters. The average molecular weight is 325 g/mol. The van der Waals surface area contributed by atoms with Crippen LogP contribution in [0.25, 0.3) is 21.7 Å². The molecular weight excluding hydrogens is 306 g/mol. The van der Waals surface area contributed by atoms with Crippen LogP contribution >= 0.6 is 0 Å². The molecule has 1 amide bonds. The molecule has 2 aromatic carbocycles. The van der Waals surface area contributed by atoms with Gasteiger partial charge in [0.2, 0.25) is 0 Å². The maximum atomic E-state index is 12.0. The maximum absolute atomic E-state index is 12.0. The molecule has 1 aromatic heterocycles. The van der Waals surface area contributed by atoms with Gasteiger partial charge in [-0.25, -0.2) is 4.79 Å². The van der Waals surface area contributed by atoms with Crippen molar-refractivity contribution in [1.29, 1.82) is 0 Å². The second-order valence-electron chi connectivity index (χ2n) is 5.59. The summed E-state index contributed by atoms with van der Waals surface area (Å²) in [6.45, 7) is 2.65. The Morgan fingerprint density at radius 2 is 1.92 bits per heavy atom. The molecule has 1 heterocycles. The molecule has 0 aliphatic heterocycles. The van der Waals surface area contributed by atoms with E-state index in [1.54, 1.807) is 24.3 Å². The molecule has 5 nitrogen and oxygen atoms in total. The predicted octanol–water partition coefficient (Wildman–Crippen LogP) is 3.24. The lowest BCUT2D eigenvalue weighted by molar-refractivity contribution is -0.123. The summed E-state index contributed by atoms with van der Waals surface area (Å²) in [6.07, 6.45) is 1.97. The number of carbonyl (C=O) groups is 1. The number of carbonyl (C=O) groups excluding carboxylic acids is 1. The Hall–Kier alpha value is -2.82. The highest BCUT2D eigenvalue weighted by atomic mass is 16.5. The Balaban J connectivity index is 1.80. The number of amides is 1. The van der Waals surface area contributed by atoms with Crippen LogP contribution in [0.4, 0.5) is 0 Å². The average Bonchev–Trinajstić information content (AvgIpc) is 2.60. The second-order valence-corrected chi connectivity index (χ2v) is 5.59. The Labute approximate surface area is 139 Å². The van der Waals surface area contributed by atoms with Gasteiger partial charge in [-0.1, -0.05) is 31.5 Å². The molecule has 3 aromatic rings. The van der Waals surface area contributed by atoms with E-state index in [9.17, 15) is 9.59 Å². The Morgan fingerprint density at radius 1 is 1.12 bits per heavy atom. The first kappa shape index (κ1) is 16.1. The van der Waals surface area contributed by atoms with E-state index in [-0.39, 0.29) is 18.1 Å². The third-order valence-corrected chi connectivity index (χ3v) is 3.82. The van der Waals surface area contributed by atoms with E-state index in [1.165, 1.54) is 0 Å². The smallest absolute Gasteiger partial charge is 0.344 e. The standard InChI is InChI=1S/C19H19NO4/c1-2-3-10-20-18(21)12-23-13-8-9-15-14-6-4-5-7-16(14)19(22)24-17(15)11-13/h4-9,11H,2-3,10,12H2,1H3,(H,20,21). The van der Waals surface area contributed by atoms with Crippen LogP contribution < -0.4 is 15.7 Å². The number of nitrogens with one attached hydrogen (secondary N) is 1. The number of unbranched alkanes of at least 4 members (excludes halogenated alkanes) is 1. The summed E-state index contributed by atoms with van der Waals surface area (Å²) in [5, 5.41) is 5.02. The largest absolute Gasteiger partial charge is 0.484 e. The molecular formula is C19H19NO4. The molecule has 0 saturated carbocycles. The highest BCUT2D eigenvalue weighted by Gasteiger charge is 2.08. The molecule has 0 aliphatic rings. The van der Waals surface area contributed by atoms with Crippen molar-refractivity contribution in [2.45, 2.75) is 19.8 Å². The quantitative estimate of drug-likeness (QED) is 0.429. The first-order valence-electron chi connectivity index (χ1n) is 8.04. The van der Waals surface area contributed by atoms with Crippen molar-refractivity contribution >= 4 is 27.6 Å². The van der Waals surface area contributed by atoms with Gasteiger partial charge < -0.3 is 14.5 Å². The van der Waals surface area contributed by atoms with E-state index < -0.39 is 0 Å². The molecule has 24 heavy (non-hydrogen) atoms. The zero-order valence-electron chi connectivity index (χ0n) is 13.5. The van der Waals surface area contributed by atoms with E-state index >= 15 is 0 Å². The number of rotatable bonds is 6. The van der Waals surface area contributed by atoms with Gasteiger partial charge in [0.05, 0.1) is 5.39 Å². The van der Waals surface area contributed by atoms with Crippen LogP contribution in [0.3, 0.4) is 0 Å². The topological polar surface area (TPSA) is 68.5 Å². The first-order chi connectivity index (χ1) is 11.7. The van der Waals surface area contributed by atoms with E-state index in [0.29, 0.717) is 23.3 Å². The molecule has 0 radical (unpaired) electrons. The number of ether oxygens (including phenoxy) is 1. The Bertz CT molecular complexity index is 929. The number of hydrogen-bond acceptors (Lipinski definition) is 4. The molecule has 0 unspecified atom stereocenters. The second kappa shape index (κ2) is 7.17. The Morgan fingerprint density at radius 3 is 2.71 bits per heavy atom. The Kier molecular flexibility index (Phi) is 4.79.